The van der Waals surface area contributed by atoms with Crippen molar-refractivity contribution in [2.75, 3.05) is 26.2 Å². The maximum absolute atomic E-state index is 13.8. The summed E-state index contributed by atoms with van der Waals surface area (Å²) < 4.78 is 5.38. The first-order valence-electron chi connectivity index (χ1n) is 15.1. The molecule has 2 aromatic rings. The van der Waals surface area contributed by atoms with Crippen molar-refractivity contribution in [2.45, 2.75) is 84.5 Å². The molecule has 1 aliphatic rings. The number of nitrogens with zero attached hydrogens (tertiary/aromatic N) is 2. The van der Waals surface area contributed by atoms with Gasteiger partial charge in [0.25, 0.3) is 0 Å². The van der Waals surface area contributed by atoms with E-state index in [1.165, 1.54) is 5.56 Å². The highest BCUT2D eigenvalue weighted by atomic mass is 35.5. The van der Waals surface area contributed by atoms with Crippen LogP contribution in [-0.4, -0.2) is 71.6 Å². The Hall–Kier alpha value is -2.81. The SMILES string of the molecule is CC(C)C[C@H](C(=O)NCc1ccc(Cl)c(Cl)c1)N1CCC(CCc2ccccc2)N(CCNC(=O)OC(C)(C)C)CC1=O. The zero-order chi connectivity index (χ0) is 31.6. The van der Waals surface area contributed by atoms with Crippen LogP contribution in [0.2, 0.25) is 10.0 Å². The fourth-order valence-corrected chi connectivity index (χ4v) is 5.60. The standard InChI is InChI=1S/C33H46Cl2N4O4/c1-23(2)19-29(31(41)37-21-25-12-14-27(34)28(35)20-25)39-17-15-26(13-11-24-9-7-6-8-10-24)38(22-30(39)40)18-16-36-32(42)43-33(3,4)5/h6-10,12,14,20,23,26,29H,11,13,15-19,21-22H2,1-5H3,(H,36,42)(H,37,41)/t26?,29-/m1/s1. The monoisotopic (exact) mass is 632 g/mol. The Morgan fingerprint density at radius 1 is 1.02 bits per heavy atom. The van der Waals surface area contributed by atoms with Crippen LogP contribution in [0.25, 0.3) is 0 Å². The molecule has 0 aliphatic carbocycles. The molecule has 1 unspecified atom stereocenters. The molecule has 8 nitrogen and oxygen atoms in total. The van der Waals surface area contributed by atoms with E-state index >= 15 is 0 Å². The molecule has 0 bridgehead atoms. The number of amides is 3. The fraction of sp³-hybridized carbons (Fsp3) is 0.545. The molecule has 0 saturated carbocycles. The lowest BCUT2D eigenvalue weighted by molar-refractivity contribution is -0.141. The van der Waals surface area contributed by atoms with Crippen molar-refractivity contribution in [2.24, 2.45) is 5.92 Å². The minimum Gasteiger partial charge on any atom is -0.444 e. The summed E-state index contributed by atoms with van der Waals surface area (Å²) in [4.78, 5) is 43.5. The molecule has 43 heavy (non-hydrogen) atoms. The molecule has 1 aliphatic heterocycles. The van der Waals surface area contributed by atoms with Gasteiger partial charge in [-0.1, -0.05) is 73.4 Å². The first kappa shape index (κ1) is 34.7. The molecule has 2 aromatic carbocycles. The third-order valence-electron chi connectivity index (χ3n) is 7.38. The van der Waals surface area contributed by atoms with Crippen molar-refractivity contribution in [1.82, 2.24) is 20.4 Å². The molecular formula is C33H46Cl2N4O4. The third-order valence-corrected chi connectivity index (χ3v) is 8.12. The molecule has 0 spiro atoms. The van der Waals surface area contributed by atoms with Gasteiger partial charge >= 0.3 is 6.09 Å². The second-order valence-corrected chi connectivity index (χ2v) is 13.4. The normalized spacial score (nSPS) is 17.0. The first-order valence-corrected chi connectivity index (χ1v) is 15.8. The summed E-state index contributed by atoms with van der Waals surface area (Å²) >= 11 is 12.2. The number of ether oxygens (including phenoxy) is 1. The number of aryl methyl sites for hydroxylation is 1. The van der Waals surface area contributed by atoms with Crippen molar-refractivity contribution in [1.29, 1.82) is 0 Å². The smallest absolute Gasteiger partial charge is 0.407 e. The zero-order valence-electron chi connectivity index (χ0n) is 26.0. The average Bonchev–Trinajstić information content (AvgIpc) is 3.08. The molecule has 1 saturated heterocycles. The number of nitrogens with one attached hydrogen (secondary N) is 2. The average molecular weight is 634 g/mol. The van der Waals surface area contributed by atoms with E-state index in [1.54, 1.807) is 17.0 Å². The number of carbonyl (C=O) groups excluding carboxylic acids is 3. The lowest BCUT2D eigenvalue weighted by Gasteiger charge is -2.31. The van der Waals surface area contributed by atoms with Crippen LogP contribution in [0.15, 0.2) is 48.5 Å². The molecule has 1 heterocycles. The van der Waals surface area contributed by atoms with E-state index in [9.17, 15) is 14.4 Å². The van der Waals surface area contributed by atoms with Gasteiger partial charge < -0.3 is 20.3 Å². The summed E-state index contributed by atoms with van der Waals surface area (Å²) in [6.07, 6.45) is 2.52. The summed E-state index contributed by atoms with van der Waals surface area (Å²) in [6, 6.07) is 15.1. The van der Waals surface area contributed by atoms with Gasteiger partial charge in [-0.05, 0) is 75.6 Å². The lowest BCUT2D eigenvalue weighted by Crippen LogP contribution is -2.51. The Morgan fingerprint density at radius 2 is 1.74 bits per heavy atom. The highest BCUT2D eigenvalue weighted by Crippen LogP contribution is 2.24. The van der Waals surface area contributed by atoms with Crippen LogP contribution in [0.1, 0.15) is 65.0 Å². The Morgan fingerprint density at radius 3 is 2.40 bits per heavy atom. The number of rotatable bonds is 12. The number of halogens is 2. The molecule has 2 atom stereocenters. The largest absolute Gasteiger partial charge is 0.444 e. The van der Waals surface area contributed by atoms with E-state index in [-0.39, 0.29) is 36.9 Å². The van der Waals surface area contributed by atoms with Crippen LogP contribution in [0.4, 0.5) is 4.79 Å². The van der Waals surface area contributed by atoms with Crippen LogP contribution in [0.5, 0.6) is 0 Å². The van der Waals surface area contributed by atoms with Crippen LogP contribution >= 0.6 is 23.2 Å². The second kappa shape index (κ2) is 16.3. The maximum atomic E-state index is 13.8. The van der Waals surface area contributed by atoms with Gasteiger partial charge in [-0.15, -0.1) is 0 Å². The van der Waals surface area contributed by atoms with Crippen molar-refractivity contribution >= 4 is 41.1 Å². The number of benzene rings is 2. The van der Waals surface area contributed by atoms with E-state index in [0.29, 0.717) is 36.1 Å². The summed E-state index contributed by atoms with van der Waals surface area (Å²) in [5.41, 5.74) is 1.48. The Bertz CT molecular complexity index is 1220. The minimum absolute atomic E-state index is 0.0881. The van der Waals surface area contributed by atoms with Crippen molar-refractivity contribution in [3.63, 3.8) is 0 Å². The van der Waals surface area contributed by atoms with Gasteiger partial charge in [0.15, 0.2) is 0 Å². The molecule has 0 aromatic heterocycles. The summed E-state index contributed by atoms with van der Waals surface area (Å²) in [7, 11) is 0. The van der Waals surface area contributed by atoms with Crippen LogP contribution in [0.3, 0.4) is 0 Å². The van der Waals surface area contributed by atoms with Crippen molar-refractivity contribution < 1.29 is 19.1 Å². The van der Waals surface area contributed by atoms with Gasteiger partial charge in [0.1, 0.15) is 11.6 Å². The van der Waals surface area contributed by atoms with Gasteiger partial charge in [0, 0.05) is 32.2 Å². The van der Waals surface area contributed by atoms with Gasteiger partial charge in [0.2, 0.25) is 11.8 Å². The predicted molar refractivity (Wildman–Crippen MR) is 172 cm³/mol. The second-order valence-electron chi connectivity index (χ2n) is 12.6. The molecule has 3 amide bonds. The molecule has 236 valence electrons. The highest BCUT2D eigenvalue weighted by molar-refractivity contribution is 6.42. The minimum atomic E-state index is -0.593. The number of alkyl carbamates (subject to hydrolysis) is 1. The van der Waals surface area contributed by atoms with Gasteiger partial charge in [-0.3, -0.25) is 14.5 Å². The predicted octanol–water partition coefficient (Wildman–Crippen LogP) is 6.08. The topological polar surface area (TPSA) is 91.0 Å². The van der Waals surface area contributed by atoms with E-state index in [2.05, 4.69) is 41.5 Å². The van der Waals surface area contributed by atoms with E-state index in [1.807, 2.05) is 45.0 Å². The zero-order valence-corrected chi connectivity index (χ0v) is 27.5. The summed E-state index contributed by atoms with van der Waals surface area (Å²) in [5.74, 6) is -0.0661. The van der Waals surface area contributed by atoms with Crippen LogP contribution in [-0.2, 0) is 27.3 Å². The summed E-state index contributed by atoms with van der Waals surface area (Å²) in [5, 5.41) is 6.72. The van der Waals surface area contributed by atoms with Gasteiger partial charge in [-0.25, -0.2) is 4.79 Å². The van der Waals surface area contributed by atoms with Crippen LogP contribution < -0.4 is 10.6 Å². The molecule has 10 heteroatoms. The number of hydrogen-bond acceptors (Lipinski definition) is 5. The lowest BCUT2D eigenvalue weighted by atomic mass is 9.99. The number of carbonyl (C=O) groups is 3. The summed E-state index contributed by atoms with van der Waals surface area (Å²) in [6.45, 7) is 11.4. The first-order chi connectivity index (χ1) is 20.3. The van der Waals surface area contributed by atoms with Crippen LogP contribution in [0, 0.1) is 5.92 Å². The van der Waals surface area contributed by atoms with E-state index < -0.39 is 17.7 Å². The molecule has 2 N–H and O–H groups in total. The molecule has 1 fully saturated rings. The quantitative estimate of drug-likeness (QED) is 0.296. The van der Waals surface area contributed by atoms with E-state index in [0.717, 1.165) is 24.8 Å². The third kappa shape index (κ3) is 11.7. The molecule has 3 rings (SSSR count). The van der Waals surface area contributed by atoms with Gasteiger partial charge in [-0.2, -0.15) is 0 Å². The van der Waals surface area contributed by atoms with Crippen molar-refractivity contribution in [3.8, 4) is 0 Å². The number of hydrogen-bond donors (Lipinski definition) is 2. The fourth-order valence-electron chi connectivity index (χ4n) is 5.28. The Kier molecular flexibility index (Phi) is 13.2. The van der Waals surface area contributed by atoms with E-state index in [4.69, 9.17) is 27.9 Å². The molecule has 0 radical (unpaired) electrons. The molecular weight excluding hydrogens is 587 g/mol. The Labute approximate surface area is 266 Å². The Balaban J connectivity index is 1.73. The highest BCUT2D eigenvalue weighted by Gasteiger charge is 2.35. The maximum Gasteiger partial charge on any atom is 0.407 e. The van der Waals surface area contributed by atoms with Gasteiger partial charge in [0.05, 0.1) is 16.6 Å². The van der Waals surface area contributed by atoms with Crippen molar-refractivity contribution in [3.05, 3.63) is 69.7 Å².